The van der Waals surface area contributed by atoms with Crippen LogP contribution in [0.2, 0.25) is 0 Å². The molecular weight excluding hydrogens is 434 g/mol. The van der Waals surface area contributed by atoms with E-state index in [0.717, 1.165) is 41.0 Å². The van der Waals surface area contributed by atoms with Gasteiger partial charge in [-0.2, -0.15) is 0 Å². The van der Waals surface area contributed by atoms with Gasteiger partial charge < -0.3 is 20.9 Å². The van der Waals surface area contributed by atoms with Gasteiger partial charge in [0.15, 0.2) is 17.3 Å². The Hall–Kier alpha value is -4.15. The molecule has 0 bridgehead atoms. The van der Waals surface area contributed by atoms with Gasteiger partial charge in [0.25, 0.3) is 5.91 Å². The SMILES string of the molecule is [2H]C([2H])([2H])NC(=O)c1nnc(NC(=O)C2CC2)cc1Nc1ncc(C)c2c1N(C)[C@H](C)c1nccnc1-2. The van der Waals surface area contributed by atoms with Gasteiger partial charge in [0.1, 0.15) is 0 Å². The van der Waals surface area contributed by atoms with Gasteiger partial charge in [-0.3, -0.25) is 19.6 Å². The van der Waals surface area contributed by atoms with Crippen molar-refractivity contribution < 1.29 is 13.7 Å². The number of hydrogen-bond acceptors (Lipinski definition) is 9. The summed E-state index contributed by atoms with van der Waals surface area (Å²) in [5.74, 6) is -0.687. The Morgan fingerprint density at radius 2 is 1.97 bits per heavy atom. The molecule has 1 aliphatic carbocycles. The maximum absolute atomic E-state index is 12.8. The Kier molecular flexibility index (Phi) is 4.48. The molecule has 1 saturated carbocycles. The molecule has 11 heteroatoms. The maximum Gasteiger partial charge on any atom is 0.273 e. The molecule has 0 unspecified atom stereocenters. The van der Waals surface area contributed by atoms with E-state index < -0.39 is 12.9 Å². The third kappa shape index (κ3) is 3.68. The van der Waals surface area contributed by atoms with Crippen LogP contribution in [0.4, 0.5) is 23.0 Å². The molecule has 34 heavy (non-hydrogen) atoms. The Morgan fingerprint density at radius 1 is 1.18 bits per heavy atom. The van der Waals surface area contributed by atoms with E-state index in [9.17, 15) is 9.59 Å². The summed E-state index contributed by atoms with van der Waals surface area (Å²) >= 11 is 0. The molecule has 3 aromatic heterocycles. The zero-order valence-corrected chi connectivity index (χ0v) is 18.9. The zero-order chi connectivity index (χ0) is 26.5. The van der Waals surface area contributed by atoms with Crippen LogP contribution in [0.1, 0.15) is 51.7 Å². The number of rotatable bonds is 5. The first-order valence-electron chi connectivity index (χ1n) is 12.4. The highest BCUT2D eigenvalue weighted by molar-refractivity contribution is 6.00. The molecule has 4 heterocycles. The average molecular weight is 463 g/mol. The number of nitrogens with one attached hydrogen (secondary N) is 3. The third-order valence-electron chi connectivity index (χ3n) is 6.11. The lowest BCUT2D eigenvalue weighted by Gasteiger charge is -2.35. The summed E-state index contributed by atoms with van der Waals surface area (Å²) in [6.07, 6.45) is 6.57. The number of hydrogen-bond donors (Lipinski definition) is 3. The van der Waals surface area contributed by atoms with E-state index in [0.29, 0.717) is 5.82 Å². The van der Waals surface area contributed by atoms with Crippen molar-refractivity contribution in [2.45, 2.75) is 32.7 Å². The second-order valence-corrected chi connectivity index (χ2v) is 8.43. The number of pyridine rings is 1. The number of carbonyl (C=O) groups is 2. The van der Waals surface area contributed by atoms with Crippen LogP contribution in [-0.2, 0) is 4.79 Å². The molecule has 3 aromatic rings. The molecule has 0 saturated heterocycles. The molecule has 0 aromatic carbocycles. The molecular formula is C23H25N9O2. The van der Waals surface area contributed by atoms with Gasteiger partial charge in [-0.25, -0.2) is 4.98 Å². The van der Waals surface area contributed by atoms with Gasteiger partial charge in [0.05, 0.1) is 28.8 Å². The Balaban J connectivity index is 1.60. The summed E-state index contributed by atoms with van der Waals surface area (Å²) in [5, 5.41) is 15.6. The minimum atomic E-state index is -2.73. The van der Waals surface area contributed by atoms with Gasteiger partial charge in [-0.1, -0.05) is 0 Å². The first-order valence-corrected chi connectivity index (χ1v) is 10.9. The largest absolute Gasteiger partial charge is 0.363 e. The number of fused-ring (bicyclic) bond motifs is 3. The number of amides is 2. The summed E-state index contributed by atoms with van der Waals surface area (Å²) in [6, 6.07) is 1.32. The van der Waals surface area contributed by atoms with Gasteiger partial charge in [-0.05, 0) is 32.3 Å². The minimum absolute atomic E-state index is 0.0705. The Morgan fingerprint density at radius 3 is 2.74 bits per heavy atom. The molecule has 2 aliphatic rings. The number of anilines is 4. The summed E-state index contributed by atoms with van der Waals surface area (Å²) in [6.45, 7) is 1.19. The fraction of sp³-hybridized carbons (Fsp3) is 0.348. The first kappa shape index (κ1) is 18.3. The normalized spacial score (nSPS) is 18.0. The van der Waals surface area contributed by atoms with E-state index in [1.165, 1.54) is 6.07 Å². The lowest BCUT2D eigenvalue weighted by Crippen LogP contribution is -2.29. The summed E-state index contributed by atoms with van der Waals surface area (Å²) < 4.78 is 22.2. The highest BCUT2D eigenvalue weighted by atomic mass is 16.2. The van der Waals surface area contributed by atoms with E-state index >= 15 is 0 Å². The maximum atomic E-state index is 12.8. The molecule has 1 aliphatic heterocycles. The van der Waals surface area contributed by atoms with E-state index in [-0.39, 0.29) is 35.1 Å². The smallest absolute Gasteiger partial charge is 0.273 e. The molecule has 0 spiro atoms. The van der Waals surface area contributed by atoms with E-state index in [2.05, 4.69) is 35.8 Å². The van der Waals surface area contributed by atoms with Gasteiger partial charge in [0, 0.05) is 54.3 Å². The molecule has 1 atom stereocenters. The number of carbonyl (C=O) groups excluding carboxylic acids is 2. The van der Waals surface area contributed by atoms with Crippen LogP contribution in [0.15, 0.2) is 24.7 Å². The van der Waals surface area contributed by atoms with Crippen molar-refractivity contribution in [2.24, 2.45) is 5.92 Å². The van der Waals surface area contributed by atoms with Crippen LogP contribution in [0.5, 0.6) is 0 Å². The van der Waals surface area contributed by atoms with E-state index in [1.54, 1.807) is 18.6 Å². The summed E-state index contributed by atoms with van der Waals surface area (Å²) in [5.41, 5.74) is 3.87. The van der Waals surface area contributed by atoms with Crippen molar-refractivity contribution in [3.05, 3.63) is 41.6 Å². The van der Waals surface area contributed by atoms with Crippen LogP contribution < -0.4 is 20.9 Å². The predicted molar refractivity (Wildman–Crippen MR) is 127 cm³/mol. The highest BCUT2D eigenvalue weighted by Gasteiger charge is 2.33. The van der Waals surface area contributed by atoms with E-state index in [4.69, 9.17) is 4.11 Å². The molecule has 11 nitrogen and oxygen atoms in total. The quantitative estimate of drug-likeness (QED) is 0.522. The molecule has 0 radical (unpaired) electrons. The molecule has 1 fully saturated rings. The van der Waals surface area contributed by atoms with Crippen molar-refractivity contribution in [3.63, 3.8) is 0 Å². The van der Waals surface area contributed by atoms with E-state index in [1.807, 2.05) is 31.1 Å². The lowest BCUT2D eigenvalue weighted by molar-refractivity contribution is -0.117. The lowest BCUT2D eigenvalue weighted by atomic mass is 9.94. The van der Waals surface area contributed by atoms with Crippen molar-refractivity contribution >= 4 is 34.8 Å². The third-order valence-corrected chi connectivity index (χ3v) is 6.11. The molecule has 2 amide bonds. The monoisotopic (exact) mass is 462 g/mol. The van der Waals surface area contributed by atoms with Crippen molar-refractivity contribution in [3.8, 4) is 11.3 Å². The number of aryl methyl sites for hydroxylation is 1. The fourth-order valence-electron chi connectivity index (χ4n) is 4.03. The topological polar surface area (TPSA) is 138 Å². The molecule has 174 valence electrons. The minimum Gasteiger partial charge on any atom is -0.363 e. The van der Waals surface area contributed by atoms with Crippen molar-refractivity contribution in [2.75, 3.05) is 29.6 Å². The predicted octanol–water partition coefficient (Wildman–Crippen LogP) is 2.60. The van der Waals surface area contributed by atoms with Gasteiger partial charge in [-0.15, -0.1) is 10.2 Å². The van der Waals surface area contributed by atoms with Crippen molar-refractivity contribution in [1.29, 1.82) is 0 Å². The van der Waals surface area contributed by atoms with Crippen LogP contribution in [0.25, 0.3) is 11.3 Å². The average Bonchev–Trinajstić information content (AvgIpc) is 3.68. The Bertz CT molecular complexity index is 1410. The van der Waals surface area contributed by atoms with Gasteiger partial charge >= 0.3 is 0 Å². The van der Waals surface area contributed by atoms with Gasteiger partial charge in [0.2, 0.25) is 5.91 Å². The second-order valence-electron chi connectivity index (χ2n) is 8.43. The summed E-state index contributed by atoms with van der Waals surface area (Å²) in [7, 11) is 1.90. The number of nitrogens with zero attached hydrogens (tertiary/aromatic N) is 6. The molecule has 3 N–H and O–H groups in total. The van der Waals surface area contributed by atoms with Crippen LogP contribution in [0.3, 0.4) is 0 Å². The van der Waals surface area contributed by atoms with Crippen LogP contribution in [0, 0.1) is 12.8 Å². The fourth-order valence-corrected chi connectivity index (χ4v) is 4.03. The van der Waals surface area contributed by atoms with Crippen LogP contribution >= 0.6 is 0 Å². The Labute approximate surface area is 200 Å². The highest BCUT2D eigenvalue weighted by Crippen LogP contribution is 2.47. The van der Waals surface area contributed by atoms with Crippen molar-refractivity contribution in [1.82, 2.24) is 30.5 Å². The number of aromatic nitrogens is 5. The second kappa shape index (κ2) is 8.32. The molecule has 5 rings (SSSR count). The zero-order valence-electron chi connectivity index (χ0n) is 21.9. The first-order chi connectivity index (χ1) is 17.5. The van der Waals surface area contributed by atoms with Crippen LogP contribution in [-0.4, -0.2) is 51.0 Å². The standard InChI is InChI=1S/C23H25N9O2/c1-11-10-27-21(20-16(11)19-17(12(2)32(20)4)25-7-8-26-19)28-14-9-15(29-22(33)13-5-6-13)30-31-18(14)23(34)24-3/h7-10,12-13H,5-6H2,1-4H3,(H,24,34)(H2,27,28,29,30,33)/t12-/m1/s1/i3D3. The summed E-state index contributed by atoms with van der Waals surface area (Å²) in [4.78, 5) is 40.8.